The van der Waals surface area contributed by atoms with E-state index in [0.29, 0.717) is 5.92 Å². The fraction of sp³-hybridized carbons (Fsp3) is 0.857. The fourth-order valence-corrected chi connectivity index (χ4v) is 2.69. The molecule has 0 amide bonds. The van der Waals surface area contributed by atoms with Gasteiger partial charge in [0, 0.05) is 5.92 Å². The van der Waals surface area contributed by atoms with E-state index in [1.54, 1.807) is 0 Å². The molecule has 0 nitrogen and oxygen atoms in total. The lowest BCUT2D eigenvalue weighted by Crippen LogP contribution is -2.25. The largest absolute Gasteiger partial charge is 0.106 e. The first-order valence-corrected chi connectivity index (χ1v) is 6.11. The molecule has 0 heteroatoms. The van der Waals surface area contributed by atoms with Crippen LogP contribution in [-0.4, -0.2) is 0 Å². The summed E-state index contributed by atoms with van der Waals surface area (Å²) in [5, 5.41) is 0. The maximum atomic E-state index is 3.36. The van der Waals surface area contributed by atoms with Crippen LogP contribution in [0.4, 0.5) is 0 Å². The third-order valence-corrected chi connectivity index (χ3v) is 3.99. The molecule has 0 saturated heterocycles. The van der Waals surface area contributed by atoms with Crippen LogP contribution >= 0.6 is 0 Å². The first-order chi connectivity index (χ1) is 6.69. The first kappa shape index (κ1) is 11.6. The van der Waals surface area contributed by atoms with E-state index in [4.69, 9.17) is 0 Å². The van der Waals surface area contributed by atoms with E-state index in [9.17, 15) is 0 Å². The normalized spacial score (nSPS) is 34.4. The number of hydrogen-bond acceptors (Lipinski definition) is 0. The van der Waals surface area contributed by atoms with E-state index in [1.165, 1.54) is 25.7 Å². The Morgan fingerprint density at radius 1 is 1.36 bits per heavy atom. The minimum Gasteiger partial charge on any atom is -0.106 e. The molecular formula is C14H24. The summed E-state index contributed by atoms with van der Waals surface area (Å²) in [6.07, 6.45) is 5.46. The summed E-state index contributed by atoms with van der Waals surface area (Å²) in [4.78, 5) is 0. The molecule has 4 unspecified atom stereocenters. The third kappa shape index (κ3) is 2.77. The smallest absolute Gasteiger partial charge is 0.0228 e. The van der Waals surface area contributed by atoms with Crippen LogP contribution in [0.1, 0.15) is 53.4 Å². The van der Waals surface area contributed by atoms with Gasteiger partial charge in [-0.2, -0.15) is 0 Å². The molecule has 4 atom stereocenters. The van der Waals surface area contributed by atoms with Gasteiger partial charge in [-0.25, -0.2) is 0 Å². The monoisotopic (exact) mass is 192 g/mol. The van der Waals surface area contributed by atoms with Crippen molar-refractivity contribution in [3.63, 3.8) is 0 Å². The van der Waals surface area contributed by atoms with Crippen LogP contribution in [0.5, 0.6) is 0 Å². The molecule has 80 valence electrons. The van der Waals surface area contributed by atoms with E-state index in [2.05, 4.69) is 32.6 Å². The van der Waals surface area contributed by atoms with Crippen molar-refractivity contribution in [1.29, 1.82) is 0 Å². The average Bonchev–Trinajstić information content (AvgIpc) is 2.20. The van der Waals surface area contributed by atoms with Crippen LogP contribution in [0.3, 0.4) is 0 Å². The molecule has 0 aromatic carbocycles. The molecular weight excluding hydrogens is 168 g/mol. The molecule has 14 heavy (non-hydrogen) atoms. The second-order valence-corrected chi connectivity index (χ2v) is 4.94. The number of rotatable bonds is 2. The molecule has 1 aliphatic carbocycles. The average molecular weight is 192 g/mol. The Labute approximate surface area is 89.5 Å². The number of hydrogen-bond donors (Lipinski definition) is 0. The summed E-state index contributed by atoms with van der Waals surface area (Å²) in [7, 11) is 0. The molecule has 1 aliphatic rings. The van der Waals surface area contributed by atoms with E-state index in [0.717, 1.165) is 17.8 Å². The zero-order valence-corrected chi connectivity index (χ0v) is 10.1. The van der Waals surface area contributed by atoms with Crippen molar-refractivity contribution in [2.45, 2.75) is 53.4 Å². The van der Waals surface area contributed by atoms with Crippen molar-refractivity contribution in [1.82, 2.24) is 0 Å². The highest BCUT2D eigenvalue weighted by atomic mass is 14.3. The van der Waals surface area contributed by atoms with Gasteiger partial charge >= 0.3 is 0 Å². The molecule has 1 fully saturated rings. The van der Waals surface area contributed by atoms with Crippen LogP contribution in [-0.2, 0) is 0 Å². The molecule has 1 rings (SSSR count). The molecule has 0 heterocycles. The highest BCUT2D eigenvalue weighted by Crippen LogP contribution is 2.37. The predicted molar refractivity (Wildman–Crippen MR) is 62.9 cm³/mol. The van der Waals surface area contributed by atoms with Gasteiger partial charge < -0.3 is 0 Å². The molecule has 1 saturated carbocycles. The van der Waals surface area contributed by atoms with E-state index >= 15 is 0 Å². The van der Waals surface area contributed by atoms with Crippen molar-refractivity contribution in [3.05, 3.63) is 0 Å². The lowest BCUT2D eigenvalue weighted by atomic mass is 9.70. The molecule has 0 N–H and O–H groups in total. The highest BCUT2D eigenvalue weighted by molar-refractivity contribution is 5.04. The van der Waals surface area contributed by atoms with Gasteiger partial charge in [-0.05, 0) is 43.9 Å². The molecule has 0 bridgehead atoms. The van der Waals surface area contributed by atoms with Gasteiger partial charge in [-0.15, -0.1) is 5.92 Å². The summed E-state index contributed by atoms with van der Waals surface area (Å²) < 4.78 is 0. The predicted octanol–water partition coefficient (Wildman–Crippen LogP) is 4.11. The Morgan fingerprint density at radius 3 is 2.57 bits per heavy atom. The van der Waals surface area contributed by atoms with Crippen molar-refractivity contribution < 1.29 is 0 Å². The summed E-state index contributed by atoms with van der Waals surface area (Å²) in [6.45, 7) is 9.06. The van der Waals surface area contributed by atoms with Gasteiger partial charge in [-0.3, -0.25) is 0 Å². The minimum atomic E-state index is 0.681. The van der Waals surface area contributed by atoms with Gasteiger partial charge in [0.25, 0.3) is 0 Å². The second kappa shape index (κ2) is 5.44. The molecule has 0 aliphatic heterocycles. The maximum Gasteiger partial charge on any atom is 0.0228 e. The van der Waals surface area contributed by atoms with Crippen LogP contribution < -0.4 is 0 Å². The molecule has 0 radical (unpaired) electrons. The van der Waals surface area contributed by atoms with Crippen LogP contribution in [0.15, 0.2) is 0 Å². The highest BCUT2D eigenvalue weighted by Gasteiger charge is 2.28. The molecule has 0 spiro atoms. The van der Waals surface area contributed by atoms with Crippen molar-refractivity contribution in [2.75, 3.05) is 0 Å². The van der Waals surface area contributed by atoms with Crippen LogP contribution in [0.2, 0.25) is 0 Å². The summed E-state index contributed by atoms with van der Waals surface area (Å²) in [5.41, 5.74) is 0. The Balaban J connectivity index is 2.49. The van der Waals surface area contributed by atoms with Gasteiger partial charge in [0.15, 0.2) is 0 Å². The van der Waals surface area contributed by atoms with E-state index < -0.39 is 0 Å². The standard InChI is InChI=1S/C14H24/c1-5-7-13-8-9-14(10-12(13)4)11(3)6-2/h11-14H,6,8-10H2,1-4H3. The van der Waals surface area contributed by atoms with Gasteiger partial charge in [0.05, 0.1) is 0 Å². The SMILES string of the molecule is CC#CC1CCC(C(C)CC)CC1C. The summed E-state index contributed by atoms with van der Waals surface area (Å²) >= 11 is 0. The Kier molecular flexibility index (Phi) is 4.52. The first-order valence-electron chi connectivity index (χ1n) is 6.11. The van der Waals surface area contributed by atoms with Crippen molar-refractivity contribution >= 4 is 0 Å². The van der Waals surface area contributed by atoms with Crippen LogP contribution in [0.25, 0.3) is 0 Å². The minimum absolute atomic E-state index is 0.681. The Hall–Kier alpha value is -0.440. The maximum absolute atomic E-state index is 3.36. The van der Waals surface area contributed by atoms with Crippen molar-refractivity contribution in [3.8, 4) is 11.8 Å². The van der Waals surface area contributed by atoms with Gasteiger partial charge in [0.1, 0.15) is 0 Å². The van der Waals surface area contributed by atoms with Crippen molar-refractivity contribution in [2.24, 2.45) is 23.7 Å². The lowest BCUT2D eigenvalue weighted by Gasteiger charge is -2.34. The second-order valence-electron chi connectivity index (χ2n) is 4.94. The van der Waals surface area contributed by atoms with Crippen LogP contribution in [0, 0.1) is 35.5 Å². The topological polar surface area (TPSA) is 0 Å². The van der Waals surface area contributed by atoms with Gasteiger partial charge in [-0.1, -0.05) is 33.1 Å². The quantitative estimate of drug-likeness (QED) is 0.578. The fourth-order valence-electron chi connectivity index (χ4n) is 2.69. The summed E-state index contributed by atoms with van der Waals surface area (Å²) in [5.74, 6) is 9.81. The van der Waals surface area contributed by atoms with E-state index in [-0.39, 0.29) is 0 Å². The molecule has 0 aromatic heterocycles. The summed E-state index contributed by atoms with van der Waals surface area (Å²) in [6, 6.07) is 0. The van der Waals surface area contributed by atoms with Gasteiger partial charge in [0.2, 0.25) is 0 Å². The zero-order valence-electron chi connectivity index (χ0n) is 10.1. The zero-order chi connectivity index (χ0) is 10.6. The third-order valence-electron chi connectivity index (χ3n) is 3.99. The lowest BCUT2D eigenvalue weighted by molar-refractivity contribution is 0.180. The Morgan fingerprint density at radius 2 is 2.07 bits per heavy atom. The Bertz CT molecular complexity index is 218. The van der Waals surface area contributed by atoms with E-state index in [1.807, 2.05) is 6.92 Å². The molecule has 0 aromatic rings.